The minimum absolute atomic E-state index is 0.0827. The number of carbonyl (C=O) groups is 1. The summed E-state index contributed by atoms with van der Waals surface area (Å²) in [4.78, 5) is 16.1. The zero-order chi connectivity index (χ0) is 13.4. The van der Waals surface area contributed by atoms with Crippen LogP contribution in [0, 0.1) is 0 Å². The number of anilines is 3. The standard InChI is InChI=1S/C15H13BrN2O/c1-17-10-15(19)18(12-5-3-2-4-6-12)14-9-11(16)7-8-13(14)17/h2-9H,10H2,1H3. The van der Waals surface area contributed by atoms with E-state index in [-0.39, 0.29) is 5.91 Å². The first-order valence-electron chi connectivity index (χ1n) is 6.05. The van der Waals surface area contributed by atoms with Crippen LogP contribution in [0.15, 0.2) is 53.0 Å². The lowest BCUT2D eigenvalue weighted by molar-refractivity contribution is -0.116. The molecule has 3 rings (SSSR count). The minimum Gasteiger partial charge on any atom is -0.364 e. The molecular formula is C15H13BrN2O. The van der Waals surface area contributed by atoms with E-state index in [2.05, 4.69) is 15.9 Å². The fourth-order valence-corrected chi connectivity index (χ4v) is 2.70. The van der Waals surface area contributed by atoms with Crippen molar-refractivity contribution in [2.75, 3.05) is 23.4 Å². The molecule has 1 heterocycles. The van der Waals surface area contributed by atoms with Crippen molar-refractivity contribution in [3.05, 3.63) is 53.0 Å². The van der Waals surface area contributed by atoms with Gasteiger partial charge in [0.2, 0.25) is 0 Å². The van der Waals surface area contributed by atoms with Gasteiger partial charge in [0.15, 0.2) is 0 Å². The molecule has 0 radical (unpaired) electrons. The monoisotopic (exact) mass is 316 g/mol. The van der Waals surface area contributed by atoms with Crippen LogP contribution in [0.5, 0.6) is 0 Å². The van der Waals surface area contributed by atoms with Gasteiger partial charge < -0.3 is 4.90 Å². The number of amides is 1. The van der Waals surface area contributed by atoms with Crippen molar-refractivity contribution in [3.63, 3.8) is 0 Å². The Morgan fingerprint density at radius 1 is 1.05 bits per heavy atom. The average Bonchev–Trinajstić information content (AvgIpc) is 2.39. The van der Waals surface area contributed by atoms with Gasteiger partial charge in [-0.1, -0.05) is 34.1 Å². The third-order valence-electron chi connectivity index (χ3n) is 3.23. The van der Waals surface area contributed by atoms with Crippen LogP contribution >= 0.6 is 15.9 Å². The first-order valence-corrected chi connectivity index (χ1v) is 6.85. The zero-order valence-electron chi connectivity index (χ0n) is 10.5. The highest BCUT2D eigenvalue weighted by Crippen LogP contribution is 2.39. The Hall–Kier alpha value is -1.81. The van der Waals surface area contributed by atoms with Gasteiger partial charge in [-0.05, 0) is 30.3 Å². The molecule has 3 nitrogen and oxygen atoms in total. The van der Waals surface area contributed by atoms with E-state index < -0.39 is 0 Å². The molecule has 0 atom stereocenters. The predicted molar refractivity (Wildman–Crippen MR) is 81.0 cm³/mol. The average molecular weight is 317 g/mol. The summed E-state index contributed by atoms with van der Waals surface area (Å²) in [6, 6.07) is 15.7. The molecule has 96 valence electrons. The van der Waals surface area contributed by atoms with Crippen LogP contribution in [-0.2, 0) is 4.79 Å². The highest BCUT2D eigenvalue weighted by Gasteiger charge is 2.28. The molecule has 1 amide bonds. The number of rotatable bonds is 1. The lowest BCUT2D eigenvalue weighted by Gasteiger charge is -2.35. The second-order valence-corrected chi connectivity index (χ2v) is 5.47. The topological polar surface area (TPSA) is 23.6 Å². The first-order chi connectivity index (χ1) is 9.16. The summed E-state index contributed by atoms with van der Waals surface area (Å²) >= 11 is 3.47. The molecule has 0 unspecified atom stereocenters. The van der Waals surface area contributed by atoms with E-state index in [9.17, 15) is 4.79 Å². The SMILES string of the molecule is CN1CC(=O)N(c2ccccc2)c2cc(Br)ccc21. The van der Waals surface area contributed by atoms with Gasteiger partial charge >= 0.3 is 0 Å². The molecule has 1 aliphatic rings. The molecule has 0 N–H and O–H groups in total. The third kappa shape index (κ3) is 2.12. The molecule has 4 heteroatoms. The van der Waals surface area contributed by atoms with Crippen LogP contribution in [0.2, 0.25) is 0 Å². The quantitative estimate of drug-likeness (QED) is 0.803. The van der Waals surface area contributed by atoms with Crippen molar-refractivity contribution in [1.82, 2.24) is 0 Å². The summed E-state index contributed by atoms with van der Waals surface area (Å²) in [6.45, 7) is 0.392. The fourth-order valence-electron chi connectivity index (χ4n) is 2.35. The molecule has 0 saturated carbocycles. The summed E-state index contributed by atoms with van der Waals surface area (Å²) in [6.07, 6.45) is 0. The molecule has 0 fully saturated rings. The third-order valence-corrected chi connectivity index (χ3v) is 3.72. The van der Waals surface area contributed by atoms with Crippen molar-refractivity contribution in [3.8, 4) is 0 Å². The normalized spacial score (nSPS) is 14.5. The lowest BCUT2D eigenvalue weighted by Crippen LogP contribution is -2.41. The summed E-state index contributed by atoms with van der Waals surface area (Å²) in [5, 5.41) is 0. The molecule has 2 aromatic carbocycles. The van der Waals surface area contributed by atoms with E-state index in [0.717, 1.165) is 21.5 Å². The maximum absolute atomic E-state index is 12.3. The molecular weight excluding hydrogens is 304 g/mol. The highest BCUT2D eigenvalue weighted by atomic mass is 79.9. The van der Waals surface area contributed by atoms with Crippen molar-refractivity contribution in [1.29, 1.82) is 0 Å². The number of likely N-dealkylation sites (N-methyl/N-ethyl adjacent to an activating group) is 1. The van der Waals surface area contributed by atoms with E-state index in [4.69, 9.17) is 0 Å². The highest BCUT2D eigenvalue weighted by molar-refractivity contribution is 9.10. The maximum Gasteiger partial charge on any atom is 0.251 e. The number of carbonyl (C=O) groups excluding carboxylic acids is 1. The maximum atomic E-state index is 12.3. The number of nitrogens with zero attached hydrogens (tertiary/aromatic N) is 2. The van der Waals surface area contributed by atoms with Crippen molar-refractivity contribution < 1.29 is 4.79 Å². The van der Waals surface area contributed by atoms with Crippen LogP contribution in [-0.4, -0.2) is 19.5 Å². The Kier molecular flexibility index (Phi) is 3.03. The van der Waals surface area contributed by atoms with Crippen LogP contribution < -0.4 is 9.80 Å². The number of fused-ring (bicyclic) bond motifs is 1. The summed E-state index contributed by atoms with van der Waals surface area (Å²) in [7, 11) is 1.94. The van der Waals surface area contributed by atoms with E-state index in [1.807, 2.05) is 60.5 Å². The fraction of sp³-hybridized carbons (Fsp3) is 0.133. The second-order valence-electron chi connectivity index (χ2n) is 4.55. The van der Waals surface area contributed by atoms with Gasteiger partial charge in [-0.2, -0.15) is 0 Å². The molecule has 19 heavy (non-hydrogen) atoms. The van der Waals surface area contributed by atoms with E-state index in [0.29, 0.717) is 6.54 Å². The number of para-hydroxylation sites is 1. The van der Waals surface area contributed by atoms with Gasteiger partial charge in [-0.3, -0.25) is 9.69 Å². The van der Waals surface area contributed by atoms with Crippen molar-refractivity contribution in [2.24, 2.45) is 0 Å². The van der Waals surface area contributed by atoms with E-state index >= 15 is 0 Å². The van der Waals surface area contributed by atoms with Crippen LogP contribution in [0.25, 0.3) is 0 Å². The molecule has 0 aromatic heterocycles. The van der Waals surface area contributed by atoms with Crippen molar-refractivity contribution in [2.45, 2.75) is 0 Å². The predicted octanol–water partition coefficient (Wildman–Crippen LogP) is 3.56. The van der Waals surface area contributed by atoms with Gasteiger partial charge in [0, 0.05) is 17.2 Å². The van der Waals surface area contributed by atoms with Gasteiger partial charge in [-0.15, -0.1) is 0 Å². The largest absolute Gasteiger partial charge is 0.364 e. The van der Waals surface area contributed by atoms with E-state index in [1.54, 1.807) is 4.90 Å². The molecule has 0 aliphatic carbocycles. The number of hydrogen-bond acceptors (Lipinski definition) is 2. The Balaban J connectivity index is 2.18. The van der Waals surface area contributed by atoms with Gasteiger partial charge in [-0.25, -0.2) is 0 Å². The first kappa shape index (κ1) is 12.2. The van der Waals surface area contributed by atoms with Crippen LogP contribution in [0.3, 0.4) is 0 Å². The minimum atomic E-state index is 0.0827. The number of halogens is 1. The van der Waals surface area contributed by atoms with Crippen LogP contribution in [0.1, 0.15) is 0 Å². The summed E-state index contributed by atoms with van der Waals surface area (Å²) in [5.74, 6) is 0.0827. The second kappa shape index (κ2) is 4.70. The molecule has 0 spiro atoms. The molecule has 0 saturated heterocycles. The Morgan fingerprint density at radius 2 is 1.79 bits per heavy atom. The summed E-state index contributed by atoms with van der Waals surface area (Å²) in [5.41, 5.74) is 2.88. The smallest absolute Gasteiger partial charge is 0.251 e. The Labute approximate surface area is 120 Å². The van der Waals surface area contributed by atoms with Crippen molar-refractivity contribution >= 4 is 38.9 Å². The number of benzene rings is 2. The van der Waals surface area contributed by atoms with E-state index in [1.165, 1.54) is 0 Å². The zero-order valence-corrected chi connectivity index (χ0v) is 12.1. The van der Waals surface area contributed by atoms with Gasteiger partial charge in [0.1, 0.15) is 0 Å². The van der Waals surface area contributed by atoms with Gasteiger partial charge in [0.25, 0.3) is 5.91 Å². The molecule has 1 aliphatic heterocycles. The lowest BCUT2D eigenvalue weighted by atomic mass is 10.1. The Morgan fingerprint density at radius 3 is 2.53 bits per heavy atom. The molecule has 0 bridgehead atoms. The van der Waals surface area contributed by atoms with Crippen LogP contribution in [0.4, 0.5) is 17.1 Å². The summed E-state index contributed by atoms with van der Waals surface area (Å²) < 4.78 is 0.968. The van der Waals surface area contributed by atoms with Gasteiger partial charge in [0.05, 0.1) is 17.9 Å². The number of hydrogen-bond donors (Lipinski definition) is 0. The Bertz CT molecular complexity index is 627. The molecule has 2 aromatic rings.